The molecule has 4 aromatic rings. The molecule has 0 saturated carbocycles. The van der Waals surface area contributed by atoms with Crippen LogP contribution in [0.2, 0.25) is 0 Å². The van der Waals surface area contributed by atoms with E-state index in [1.165, 1.54) is 29.2 Å². The first-order valence-corrected chi connectivity index (χ1v) is 14.0. The molecule has 0 unspecified atom stereocenters. The number of nitrogens with one attached hydrogen (secondary N) is 1. The number of fused-ring (bicyclic) bond motifs is 1. The molecule has 38 heavy (non-hydrogen) atoms. The topological polar surface area (TPSA) is 121 Å². The van der Waals surface area contributed by atoms with Gasteiger partial charge in [-0.15, -0.1) is 10.2 Å². The van der Waals surface area contributed by atoms with Crippen LogP contribution in [-0.4, -0.2) is 28.7 Å². The molecule has 0 fully saturated rings. The summed E-state index contributed by atoms with van der Waals surface area (Å²) in [5.41, 5.74) is -0.249. The molecule has 2 aromatic heterocycles. The Morgan fingerprint density at radius 2 is 1.87 bits per heavy atom. The molecular formula is C27H27N3O6S2. The van der Waals surface area contributed by atoms with E-state index >= 15 is 0 Å². The molecule has 0 radical (unpaired) electrons. The highest BCUT2D eigenvalue weighted by atomic mass is 32.2. The minimum absolute atomic E-state index is 0.0664. The number of carbonyl (C=O) groups is 2. The second kappa shape index (κ2) is 12.7. The van der Waals surface area contributed by atoms with E-state index in [4.69, 9.17) is 13.9 Å². The summed E-state index contributed by atoms with van der Waals surface area (Å²) in [5, 5.41) is 12.8. The van der Waals surface area contributed by atoms with Crippen molar-refractivity contribution in [2.45, 2.75) is 43.7 Å². The lowest BCUT2D eigenvalue weighted by atomic mass is 10.0. The second-order valence-electron chi connectivity index (χ2n) is 8.22. The summed E-state index contributed by atoms with van der Waals surface area (Å²) in [4.78, 5) is 38.0. The third-order valence-electron chi connectivity index (χ3n) is 5.78. The second-order valence-corrected chi connectivity index (χ2v) is 10.4. The van der Waals surface area contributed by atoms with Crippen LogP contribution < -0.4 is 20.2 Å². The van der Waals surface area contributed by atoms with E-state index < -0.39 is 11.4 Å². The van der Waals surface area contributed by atoms with Crippen LogP contribution in [0.15, 0.2) is 62.3 Å². The molecule has 9 nitrogen and oxygen atoms in total. The Balaban J connectivity index is 1.43. The van der Waals surface area contributed by atoms with Gasteiger partial charge in [-0.3, -0.25) is 9.59 Å². The molecule has 0 saturated heterocycles. The number of nitrogens with zero attached hydrogens (tertiary/aromatic N) is 2. The quantitative estimate of drug-likeness (QED) is 0.137. The Kier molecular flexibility index (Phi) is 9.14. The fourth-order valence-electron chi connectivity index (χ4n) is 3.80. The predicted octanol–water partition coefficient (Wildman–Crippen LogP) is 5.93. The van der Waals surface area contributed by atoms with Gasteiger partial charge in [-0.25, -0.2) is 4.79 Å². The van der Waals surface area contributed by atoms with Gasteiger partial charge >= 0.3 is 5.97 Å². The average Bonchev–Trinajstić information content (AvgIpc) is 3.36. The molecule has 1 amide bonds. The molecule has 0 aliphatic heterocycles. The molecule has 198 valence electrons. The number of esters is 1. The van der Waals surface area contributed by atoms with Crippen molar-refractivity contribution in [2.75, 3.05) is 11.9 Å². The fraction of sp³-hybridized carbons (Fsp3) is 0.296. The summed E-state index contributed by atoms with van der Waals surface area (Å²) in [6, 6.07) is 12.2. The maximum Gasteiger partial charge on any atom is 0.348 e. The highest BCUT2D eigenvalue weighted by molar-refractivity contribution is 8.00. The van der Waals surface area contributed by atoms with E-state index in [1.54, 1.807) is 12.1 Å². The van der Waals surface area contributed by atoms with Crippen LogP contribution in [0.1, 0.15) is 49.7 Å². The van der Waals surface area contributed by atoms with Crippen LogP contribution in [0.3, 0.4) is 0 Å². The van der Waals surface area contributed by atoms with Crippen molar-refractivity contribution < 1.29 is 23.5 Å². The van der Waals surface area contributed by atoms with E-state index in [2.05, 4.69) is 15.5 Å². The lowest BCUT2D eigenvalue weighted by Gasteiger charge is -2.12. The highest BCUT2D eigenvalue weighted by Gasteiger charge is 2.21. The van der Waals surface area contributed by atoms with Crippen LogP contribution >= 0.6 is 23.1 Å². The highest BCUT2D eigenvalue weighted by Crippen LogP contribution is 2.31. The van der Waals surface area contributed by atoms with Gasteiger partial charge in [0.25, 0.3) is 0 Å². The molecule has 4 rings (SSSR count). The van der Waals surface area contributed by atoms with Gasteiger partial charge in [0.15, 0.2) is 4.34 Å². The van der Waals surface area contributed by atoms with Gasteiger partial charge in [-0.2, -0.15) is 0 Å². The Hall–Kier alpha value is -3.70. The van der Waals surface area contributed by atoms with Crippen LogP contribution in [0, 0.1) is 5.92 Å². The van der Waals surface area contributed by atoms with Crippen LogP contribution in [-0.2, 0) is 10.5 Å². The smallest absolute Gasteiger partial charge is 0.348 e. The Morgan fingerprint density at radius 3 is 2.61 bits per heavy atom. The van der Waals surface area contributed by atoms with Crippen molar-refractivity contribution in [2.24, 2.45) is 5.92 Å². The van der Waals surface area contributed by atoms with Gasteiger partial charge in [0.1, 0.15) is 23.3 Å². The van der Waals surface area contributed by atoms with Crippen LogP contribution in [0.5, 0.6) is 11.5 Å². The maximum atomic E-state index is 13.1. The SMILES string of the molecule is CCOc1ccc2ccccc2c1C(=O)Oc1coc(CSc2nnc(NC(=O)C(CC)CC)s2)cc1=O. The summed E-state index contributed by atoms with van der Waals surface area (Å²) in [7, 11) is 0. The molecule has 0 aliphatic rings. The van der Waals surface area contributed by atoms with Gasteiger partial charge < -0.3 is 19.2 Å². The largest absolute Gasteiger partial charge is 0.493 e. The minimum Gasteiger partial charge on any atom is -0.493 e. The first-order valence-electron chi connectivity index (χ1n) is 12.2. The van der Waals surface area contributed by atoms with Crippen molar-refractivity contribution in [1.29, 1.82) is 0 Å². The molecular weight excluding hydrogens is 526 g/mol. The van der Waals surface area contributed by atoms with Crippen LogP contribution in [0.4, 0.5) is 5.13 Å². The number of carbonyl (C=O) groups excluding carboxylic acids is 2. The first kappa shape index (κ1) is 27.3. The van der Waals surface area contributed by atoms with E-state index in [0.29, 0.717) is 38.7 Å². The van der Waals surface area contributed by atoms with Crippen molar-refractivity contribution >= 4 is 50.9 Å². The van der Waals surface area contributed by atoms with Gasteiger partial charge in [-0.05, 0) is 36.6 Å². The standard InChI is InChI=1S/C27H27N3O6S2/c1-4-16(5-2)24(32)28-26-29-30-27(38-26)37-15-18-13-20(31)22(14-35-18)36-25(33)23-19-10-8-7-9-17(19)11-12-21(23)34-6-3/h7-14,16H,4-6,15H2,1-3H3,(H,28,29,32). The summed E-state index contributed by atoms with van der Waals surface area (Å²) >= 11 is 2.56. The number of benzene rings is 2. The lowest BCUT2D eigenvalue weighted by molar-refractivity contribution is -0.120. The number of thioether (sulfide) groups is 1. The molecule has 0 aliphatic carbocycles. The number of hydrogen-bond acceptors (Lipinski definition) is 10. The number of amides is 1. The van der Waals surface area contributed by atoms with E-state index in [9.17, 15) is 14.4 Å². The Labute approximate surface area is 227 Å². The normalized spacial score (nSPS) is 11.1. The third-order valence-corrected chi connectivity index (χ3v) is 7.77. The zero-order valence-electron chi connectivity index (χ0n) is 21.2. The zero-order valence-corrected chi connectivity index (χ0v) is 22.8. The summed E-state index contributed by atoms with van der Waals surface area (Å²) in [6.45, 7) is 6.13. The molecule has 0 bridgehead atoms. The fourth-order valence-corrected chi connectivity index (χ4v) is 5.44. The minimum atomic E-state index is -0.712. The summed E-state index contributed by atoms with van der Waals surface area (Å²) in [5.74, 6) is -0.0213. The van der Waals surface area contributed by atoms with Crippen molar-refractivity contribution in [1.82, 2.24) is 10.2 Å². The van der Waals surface area contributed by atoms with Gasteiger partial charge in [-0.1, -0.05) is 67.3 Å². The monoisotopic (exact) mass is 553 g/mol. The maximum absolute atomic E-state index is 13.1. The third kappa shape index (κ3) is 6.40. The van der Waals surface area contributed by atoms with Gasteiger partial charge in [0.05, 0.1) is 12.4 Å². The molecule has 0 spiro atoms. The van der Waals surface area contributed by atoms with Gasteiger partial charge in [0.2, 0.25) is 22.2 Å². The van der Waals surface area contributed by atoms with Crippen molar-refractivity contribution in [3.05, 3.63) is 70.3 Å². The number of ether oxygens (including phenoxy) is 2. The number of aromatic nitrogens is 2. The van der Waals surface area contributed by atoms with Crippen molar-refractivity contribution in [3.63, 3.8) is 0 Å². The zero-order chi connectivity index (χ0) is 27.1. The van der Waals surface area contributed by atoms with E-state index in [0.717, 1.165) is 24.5 Å². The molecule has 2 aromatic carbocycles. The van der Waals surface area contributed by atoms with E-state index in [-0.39, 0.29) is 23.1 Å². The van der Waals surface area contributed by atoms with Crippen molar-refractivity contribution in [3.8, 4) is 11.5 Å². The molecule has 1 N–H and O–H groups in total. The number of anilines is 1. The lowest BCUT2D eigenvalue weighted by Crippen LogP contribution is -2.21. The first-order chi connectivity index (χ1) is 18.4. The number of hydrogen-bond donors (Lipinski definition) is 1. The predicted molar refractivity (Wildman–Crippen MR) is 147 cm³/mol. The Bertz CT molecular complexity index is 1500. The van der Waals surface area contributed by atoms with Crippen LogP contribution in [0.25, 0.3) is 10.8 Å². The van der Waals surface area contributed by atoms with E-state index in [1.807, 2.05) is 45.0 Å². The average molecular weight is 554 g/mol. The molecule has 11 heteroatoms. The Morgan fingerprint density at radius 1 is 1.08 bits per heavy atom. The molecule has 2 heterocycles. The summed E-state index contributed by atoms with van der Waals surface area (Å²) < 4.78 is 17.2. The van der Waals surface area contributed by atoms with Gasteiger partial charge in [0, 0.05) is 12.0 Å². The molecule has 0 atom stereocenters. The number of rotatable bonds is 11. The summed E-state index contributed by atoms with van der Waals surface area (Å²) in [6.07, 6.45) is 2.63.